The normalized spacial score (nSPS) is 23.9. The second-order valence-electron chi connectivity index (χ2n) is 4.31. The minimum Gasteiger partial charge on any atom is -0.330 e. The Labute approximate surface area is 95.5 Å². The predicted molar refractivity (Wildman–Crippen MR) is 63.9 cm³/mol. The molecule has 0 radical (unpaired) electrons. The summed E-state index contributed by atoms with van der Waals surface area (Å²) >= 11 is 0. The Morgan fingerprint density at radius 1 is 1.38 bits per heavy atom. The van der Waals surface area contributed by atoms with Crippen LogP contribution in [-0.4, -0.2) is 16.5 Å². The van der Waals surface area contributed by atoms with Crippen LogP contribution in [0.4, 0.5) is 5.82 Å². The van der Waals surface area contributed by atoms with Crippen LogP contribution in [0.3, 0.4) is 0 Å². The summed E-state index contributed by atoms with van der Waals surface area (Å²) in [4.78, 5) is 10.6. The minimum absolute atomic E-state index is 0.689. The van der Waals surface area contributed by atoms with Gasteiger partial charge >= 0.3 is 0 Å². The van der Waals surface area contributed by atoms with Gasteiger partial charge in [0, 0.05) is 24.4 Å². The molecule has 1 aromatic rings. The van der Waals surface area contributed by atoms with Gasteiger partial charge < -0.3 is 4.90 Å². The van der Waals surface area contributed by atoms with Gasteiger partial charge in [-0.2, -0.15) is 0 Å². The van der Waals surface area contributed by atoms with E-state index in [0.717, 1.165) is 12.4 Å². The topological polar surface area (TPSA) is 29.0 Å². The van der Waals surface area contributed by atoms with Crippen molar-refractivity contribution >= 4 is 5.82 Å². The van der Waals surface area contributed by atoms with E-state index in [2.05, 4.69) is 33.1 Å². The molecule has 16 heavy (non-hydrogen) atoms. The van der Waals surface area contributed by atoms with Crippen LogP contribution in [0.15, 0.2) is 42.5 Å². The van der Waals surface area contributed by atoms with E-state index in [4.69, 9.17) is 0 Å². The molecule has 1 aliphatic heterocycles. The highest BCUT2D eigenvalue weighted by atomic mass is 15.2. The Morgan fingerprint density at radius 2 is 2.38 bits per heavy atom. The SMILES string of the molecule is C1=CCC2CCCN(c3ccncn3)C2=C1. The molecule has 0 bridgehead atoms. The lowest BCUT2D eigenvalue weighted by atomic mass is 9.88. The molecular formula is C13H15N3. The summed E-state index contributed by atoms with van der Waals surface area (Å²) in [6, 6.07) is 1.99. The van der Waals surface area contributed by atoms with Gasteiger partial charge in [-0.3, -0.25) is 0 Å². The number of anilines is 1. The number of piperidine rings is 1. The fourth-order valence-corrected chi connectivity index (χ4v) is 2.56. The van der Waals surface area contributed by atoms with Gasteiger partial charge in [0.15, 0.2) is 0 Å². The van der Waals surface area contributed by atoms with Crippen LogP contribution in [0.25, 0.3) is 0 Å². The first-order chi connectivity index (χ1) is 7.95. The van der Waals surface area contributed by atoms with E-state index >= 15 is 0 Å². The molecular weight excluding hydrogens is 198 g/mol. The molecule has 1 saturated heterocycles. The summed E-state index contributed by atoms with van der Waals surface area (Å²) in [5.41, 5.74) is 1.42. The minimum atomic E-state index is 0.689. The average molecular weight is 213 g/mol. The number of fused-ring (bicyclic) bond motifs is 1. The summed E-state index contributed by atoms with van der Waals surface area (Å²) in [5, 5.41) is 0. The van der Waals surface area contributed by atoms with Crippen LogP contribution in [0.2, 0.25) is 0 Å². The van der Waals surface area contributed by atoms with Crippen LogP contribution in [0.1, 0.15) is 19.3 Å². The van der Waals surface area contributed by atoms with Gasteiger partial charge in [0.2, 0.25) is 0 Å². The van der Waals surface area contributed by atoms with E-state index in [1.54, 1.807) is 6.33 Å². The highest BCUT2D eigenvalue weighted by Crippen LogP contribution is 2.34. The standard InChI is InChI=1S/C13H15N3/c1-2-6-12-11(4-1)5-3-9-16(12)13-7-8-14-10-15-13/h1-2,6-8,10-11H,3-5,9H2. The summed E-state index contributed by atoms with van der Waals surface area (Å²) < 4.78 is 0. The van der Waals surface area contributed by atoms with Gasteiger partial charge in [-0.25, -0.2) is 9.97 Å². The summed E-state index contributed by atoms with van der Waals surface area (Å²) in [6.07, 6.45) is 13.8. The van der Waals surface area contributed by atoms with E-state index in [0.29, 0.717) is 5.92 Å². The molecule has 2 heterocycles. The van der Waals surface area contributed by atoms with Crippen molar-refractivity contribution in [2.75, 3.05) is 11.4 Å². The quantitative estimate of drug-likeness (QED) is 0.717. The van der Waals surface area contributed by atoms with E-state index in [1.807, 2.05) is 12.3 Å². The molecule has 1 aliphatic carbocycles. The molecule has 3 nitrogen and oxygen atoms in total. The zero-order valence-corrected chi connectivity index (χ0v) is 9.21. The first-order valence-corrected chi connectivity index (χ1v) is 5.85. The van der Waals surface area contributed by atoms with E-state index < -0.39 is 0 Å². The molecule has 1 unspecified atom stereocenters. The number of aromatic nitrogens is 2. The molecule has 0 saturated carbocycles. The molecule has 1 aromatic heterocycles. The molecule has 3 rings (SSSR count). The third-order valence-electron chi connectivity index (χ3n) is 3.33. The van der Waals surface area contributed by atoms with Crippen molar-refractivity contribution in [2.45, 2.75) is 19.3 Å². The molecule has 1 atom stereocenters. The van der Waals surface area contributed by atoms with Crippen molar-refractivity contribution in [1.82, 2.24) is 9.97 Å². The Morgan fingerprint density at radius 3 is 3.25 bits per heavy atom. The molecule has 3 heteroatoms. The van der Waals surface area contributed by atoms with Crippen molar-refractivity contribution in [3.05, 3.63) is 42.5 Å². The number of hydrogen-bond acceptors (Lipinski definition) is 3. The third kappa shape index (κ3) is 1.62. The molecule has 0 amide bonds. The van der Waals surface area contributed by atoms with Gasteiger partial charge in [-0.05, 0) is 31.4 Å². The Balaban J connectivity index is 1.95. The number of allylic oxidation sites excluding steroid dienone is 4. The molecule has 0 aromatic carbocycles. The van der Waals surface area contributed by atoms with Gasteiger partial charge in [-0.1, -0.05) is 12.2 Å². The molecule has 82 valence electrons. The van der Waals surface area contributed by atoms with E-state index in [1.165, 1.54) is 25.0 Å². The lowest BCUT2D eigenvalue weighted by molar-refractivity contribution is 0.473. The van der Waals surface area contributed by atoms with Crippen LogP contribution >= 0.6 is 0 Å². The fourth-order valence-electron chi connectivity index (χ4n) is 2.56. The van der Waals surface area contributed by atoms with Gasteiger partial charge in [0.05, 0.1) is 0 Å². The molecule has 2 aliphatic rings. The second kappa shape index (κ2) is 4.08. The smallest absolute Gasteiger partial charge is 0.136 e. The van der Waals surface area contributed by atoms with Crippen molar-refractivity contribution in [1.29, 1.82) is 0 Å². The van der Waals surface area contributed by atoms with Crippen molar-refractivity contribution in [3.63, 3.8) is 0 Å². The Hall–Kier alpha value is -1.64. The van der Waals surface area contributed by atoms with Crippen LogP contribution in [0, 0.1) is 5.92 Å². The molecule has 1 fully saturated rings. The first-order valence-electron chi connectivity index (χ1n) is 5.85. The van der Waals surface area contributed by atoms with Gasteiger partial charge in [0.1, 0.15) is 12.1 Å². The van der Waals surface area contributed by atoms with Crippen molar-refractivity contribution < 1.29 is 0 Å². The lowest BCUT2D eigenvalue weighted by Gasteiger charge is -2.37. The average Bonchev–Trinajstić information content (AvgIpc) is 2.39. The van der Waals surface area contributed by atoms with Crippen molar-refractivity contribution in [2.24, 2.45) is 5.92 Å². The molecule has 0 spiro atoms. The number of nitrogens with zero attached hydrogens (tertiary/aromatic N) is 3. The Bertz CT molecular complexity index is 422. The number of rotatable bonds is 1. The summed E-state index contributed by atoms with van der Waals surface area (Å²) in [6.45, 7) is 1.08. The zero-order valence-electron chi connectivity index (χ0n) is 9.21. The monoisotopic (exact) mass is 213 g/mol. The first kappa shape index (κ1) is 9.58. The van der Waals surface area contributed by atoms with Crippen molar-refractivity contribution in [3.8, 4) is 0 Å². The van der Waals surface area contributed by atoms with Gasteiger partial charge in [-0.15, -0.1) is 0 Å². The van der Waals surface area contributed by atoms with E-state index in [-0.39, 0.29) is 0 Å². The largest absolute Gasteiger partial charge is 0.330 e. The zero-order chi connectivity index (χ0) is 10.8. The van der Waals surface area contributed by atoms with Crippen LogP contribution < -0.4 is 4.90 Å². The second-order valence-corrected chi connectivity index (χ2v) is 4.31. The summed E-state index contributed by atoms with van der Waals surface area (Å²) in [5.74, 6) is 1.72. The predicted octanol–water partition coefficient (Wildman–Crippen LogP) is 2.54. The Kier molecular flexibility index (Phi) is 2.44. The van der Waals surface area contributed by atoms with Crippen LogP contribution in [0.5, 0.6) is 0 Å². The maximum absolute atomic E-state index is 4.34. The highest BCUT2D eigenvalue weighted by molar-refractivity contribution is 5.48. The lowest BCUT2D eigenvalue weighted by Crippen LogP contribution is -2.34. The maximum atomic E-state index is 4.34. The number of hydrogen-bond donors (Lipinski definition) is 0. The maximum Gasteiger partial charge on any atom is 0.136 e. The van der Waals surface area contributed by atoms with Crippen LogP contribution in [-0.2, 0) is 0 Å². The van der Waals surface area contributed by atoms with E-state index in [9.17, 15) is 0 Å². The highest BCUT2D eigenvalue weighted by Gasteiger charge is 2.26. The molecule has 0 N–H and O–H groups in total. The summed E-state index contributed by atoms with van der Waals surface area (Å²) in [7, 11) is 0. The van der Waals surface area contributed by atoms with Gasteiger partial charge in [0.25, 0.3) is 0 Å². The fraction of sp³-hybridized carbons (Fsp3) is 0.385. The third-order valence-corrected chi connectivity index (χ3v) is 3.33.